The van der Waals surface area contributed by atoms with Gasteiger partial charge in [-0.3, -0.25) is 4.79 Å². The van der Waals surface area contributed by atoms with Crippen molar-refractivity contribution in [2.24, 2.45) is 17.4 Å². The Hall–Kier alpha value is -0.570. The molecule has 1 aliphatic rings. The van der Waals surface area contributed by atoms with Gasteiger partial charge in [-0.05, 0) is 12.3 Å². The Labute approximate surface area is 73.5 Å². The van der Waals surface area contributed by atoms with Crippen LogP contribution in [0.4, 0.5) is 0 Å². The molecule has 3 nitrogen and oxygen atoms in total. The van der Waals surface area contributed by atoms with Crippen molar-refractivity contribution in [3.05, 3.63) is 0 Å². The second-order valence-corrected chi connectivity index (χ2v) is 3.82. The van der Waals surface area contributed by atoms with E-state index in [9.17, 15) is 4.79 Å². The number of hydrogen-bond acceptors (Lipinski definition) is 2. The van der Waals surface area contributed by atoms with E-state index in [4.69, 9.17) is 11.5 Å². The SMILES string of the molecule is NC(=O)CC(N)CC1CCCC1. The Morgan fingerprint density at radius 3 is 2.50 bits per heavy atom. The van der Waals surface area contributed by atoms with Crippen molar-refractivity contribution in [2.45, 2.75) is 44.6 Å². The van der Waals surface area contributed by atoms with Gasteiger partial charge in [-0.1, -0.05) is 25.7 Å². The summed E-state index contributed by atoms with van der Waals surface area (Å²) < 4.78 is 0. The summed E-state index contributed by atoms with van der Waals surface area (Å²) >= 11 is 0. The van der Waals surface area contributed by atoms with Crippen molar-refractivity contribution in [3.63, 3.8) is 0 Å². The van der Waals surface area contributed by atoms with Crippen molar-refractivity contribution >= 4 is 5.91 Å². The van der Waals surface area contributed by atoms with Crippen LogP contribution >= 0.6 is 0 Å². The van der Waals surface area contributed by atoms with Crippen LogP contribution in [0, 0.1) is 5.92 Å². The molecule has 12 heavy (non-hydrogen) atoms. The average molecular weight is 170 g/mol. The van der Waals surface area contributed by atoms with Gasteiger partial charge in [0.1, 0.15) is 0 Å². The zero-order chi connectivity index (χ0) is 8.97. The summed E-state index contributed by atoms with van der Waals surface area (Å²) in [7, 11) is 0. The van der Waals surface area contributed by atoms with Gasteiger partial charge in [0.25, 0.3) is 0 Å². The molecule has 70 valence electrons. The van der Waals surface area contributed by atoms with Crippen molar-refractivity contribution in [2.75, 3.05) is 0 Å². The third-order valence-corrected chi connectivity index (χ3v) is 2.57. The van der Waals surface area contributed by atoms with Gasteiger partial charge in [-0.2, -0.15) is 0 Å². The summed E-state index contributed by atoms with van der Waals surface area (Å²) in [6.07, 6.45) is 6.54. The van der Waals surface area contributed by atoms with Gasteiger partial charge >= 0.3 is 0 Å². The number of carbonyl (C=O) groups is 1. The molecule has 0 heterocycles. The molecule has 4 N–H and O–H groups in total. The Kier molecular flexibility index (Phi) is 3.53. The van der Waals surface area contributed by atoms with Crippen LogP contribution in [0.2, 0.25) is 0 Å². The molecule has 1 amide bonds. The normalized spacial score (nSPS) is 21.1. The van der Waals surface area contributed by atoms with Crippen molar-refractivity contribution in [3.8, 4) is 0 Å². The molecular formula is C9H18N2O. The third-order valence-electron chi connectivity index (χ3n) is 2.57. The largest absolute Gasteiger partial charge is 0.370 e. The topological polar surface area (TPSA) is 69.1 Å². The fourth-order valence-electron chi connectivity index (χ4n) is 2.02. The molecule has 1 unspecified atom stereocenters. The van der Waals surface area contributed by atoms with Gasteiger partial charge in [0, 0.05) is 12.5 Å². The van der Waals surface area contributed by atoms with Crippen molar-refractivity contribution in [1.82, 2.24) is 0 Å². The second kappa shape index (κ2) is 4.45. The maximum atomic E-state index is 10.5. The molecule has 1 fully saturated rings. The first-order chi connectivity index (χ1) is 5.68. The number of rotatable bonds is 4. The average Bonchev–Trinajstić information content (AvgIpc) is 2.37. The highest BCUT2D eigenvalue weighted by Crippen LogP contribution is 2.28. The van der Waals surface area contributed by atoms with Crippen LogP contribution in [0.15, 0.2) is 0 Å². The summed E-state index contributed by atoms with van der Waals surface area (Å²) in [5.74, 6) is 0.472. The van der Waals surface area contributed by atoms with E-state index >= 15 is 0 Å². The van der Waals surface area contributed by atoms with Crippen LogP contribution < -0.4 is 11.5 Å². The Morgan fingerprint density at radius 1 is 1.42 bits per heavy atom. The molecule has 0 radical (unpaired) electrons. The Balaban J connectivity index is 2.16. The van der Waals surface area contributed by atoms with Gasteiger partial charge < -0.3 is 11.5 Å². The quantitative estimate of drug-likeness (QED) is 0.654. The maximum absolute atomic E-state index is 10.5. The first kappa shape index (κ1) is 9.52. The van der Waals surface area contributed by atoms with Crippen LogP contribution in [0.5, 0.6) is 0 Å². The number of nitrogens with two attached hydrogens (primary N) is 2. The molecule has 0 aromatic carbocycles. The predicted octanol–water partition coefficient (Wildman–Crippen LogP) is 0.769. The molecule has 1 saturated carbocycles. The maximum Gasteiger partial charge on any atom is 0.218 e. The standard InChI is InChI=1S/C9H18N2O/c10-8(6-9(11)12)5-7-3-1-2-4-7/h7-8H,1-6,10H2,(H2,11,12). The van der Waals surface area contributed by atoms with Gasteiger partial charge in [0.15, 0.2) is 0 Å². The highest BCUT2D eigenvalue weighted by atomic mass is 16.1. The molecule has 1 aliphatic carbocycles. The molecule has 0 saturated heterocycles. The van der Waals surface area contributed by atoms with E-state index in [1.165, 1.54) is 25.7 Å². The molecule has 0 bridgehead atoms. The number of amides is 1. The number of hydrogen-bond donors (Lipinski definition) is 2. The van der Waals surface area contributed by atoms with Crippen LogP contribution in [-0.4, -0.2) is 11.9 Å². The fourth-order valence-corrected chi connectivity index (χ4v) is 2.02. The van der Waals surface area contributed by atoms with E-state index in [0.717, 1.165) is 12.3 Å². The Morgan fingerprint density at radius 2 is 2.00 bits per heavy atom. The van der Waals surface area contributed by atoms with E-state index < -0.39 is 0 Å². The van der Waals surface area contributed by atoms with E-state index in [1.807, 2.05) is 0 Å². The highest BCUT2D eigenvalue weighted by Gasteiger charge is 2.18. The molecule has 3 heteroatoms. The van der Waals surface area contributed by atoms with Gasteiger partial charge in [0.05, 0.1) is 0 Å². The monoisotopic (exact) mass is 170 g/mol. The third kappa shape index (κ3) is 3.22. The summed E-state index contributed by atoms with van der Waals surface area (Å²) in [5, 5.41) is 0. The number of primary amides is 1. The minimum Gasteiger partial charge on any atom is -0.370 e. The zero-order valence-electron chi connectivity index (χ0n) is 7.46. The first-order valence-corrected chi connectivity index (χ1v) is 4.72. The summed E-state index contributed by atoms with van der Waals surface area (Å²) in [6.45, 7) is 0. The lowest BCUT2D eigenvalue weighted by Crippen LogP contribution is -2.29. The van der Waals surface area contributed by atoms with Crippen molar-refractivity contribution in [1.29, 1.82) is 0 Å². The smallest absolute Gasteiger partial charge is 0.218 e. The molecule has 0 aromatic rings. The molecule has 0 spiro atoms. The van der Waals surface area contributed by atoms with Crippen LogP contribution in [-0.2, 0) is 4.79 Å². The van der Waals surface area contributed by atoms with E-state index in [-0.39, 0.29) is 11.9 Å². The minimum absolute atomic E-state index is 0.00870. The van der Waals surface area contributed by atoms with Gasteiger partial charge in [0.2, 0.25) is 5.91 Å². The molecule has 1 rings (SSSR count). The fraction of sp³-hybridized carbons (Fsp3) is 0.889. The van der Waals surface area contributed by atoms with E-state index in [0.29, 0.717) is 6.42 Å². The lowest BCUT2D eigenvalue weighted by atomic mass is 9.97. The highest BCUT2D eigenvalue weighted by molar-refractivity contribution is 5.74. The lowest BCUT2D eigenvalue weighted by molar-refractivity contribution is -0.118. The van der Waals surface area contributed by atoms with E-state index in [1.54, 1.807) is 0 Å². The molecular weight excluding hydrogens is 152 g/mol. The van der Waals surface area contributed by atoms with Crippen LogP contribution in [0.25, 0.3) is 0 Å². The van der Waals surface area contributed by atoms with Crippen LogP contribution in [0.1, 0.15) is 38.5 Å². The lowest BCUT2D eigenvalue weighted by Gasteiger charge is -2.14. The van der Waals surface area contributed by atoms with Gasteiger partial charge in [-0.15, -0.1) is 0 Å². The minimum atomic E-state index is -0.277. The van der Waals surface area contributed by atoms with E-state index in [2.05, 4.69) is 0 Å². The second-order valence-electron chi connectivity index (χ2n) is 3.82. The predicted molar refractivity (Wildman–Crippen MR) is 48.4 cm³/mol. The molecule has 0 aliphatic heterocycles. The number of carbonyl (C=O) groups excluding carboxylic acids is 1. The van der Waals surface area contributed by atoms with Crippen LogP contribution in [0.3, 0.4) is 0 Å². The first-order valence-electron chi connectivity index (χ1n) is 4.72. The zero-order valence-corrected chi connectivity index (χ0v) is 7.46. The molecule has 1 atom stereocenters. The van der Waals surface area contributed by atoms with Gasteiger partial charge in [-0.25, -0.2) is 0 Å². The summed E-state index contributed by atoms with van der Waals surface area (Å²) in [6, 6.07) is -0.00870. The molecule has 0 aromatic heterocycles. The summed E-state index contributed by atoms with van der Waals surface area (Å²) in [4.78, 5) is 10.5. The van der Waals surface area contributed by atoms with Crippen molar-refractivity contribution < 1.29 is 4.79 Å². The Bertz CT molecular complexity index is 153. The summed E-state index contributed by atoms with van der Waals surface area (Å²) in [5.41, 5.74) is 10.8.